The van der Waals surface area contributed by atoms with Crippen molar-refractivity contribution in [1.29, 1.82) is 0 Å². The monoisotopic (exact) mass is 241 g/mol. The van der Waals surface area contributed by atoms with Gasteiger partial charge in [0.05, 0.1) is 25.4 Å². The van der Waals surface area contributed by atoms with Gasteiger partial charge in [-0.2, -0.15) is 0 Å². The van der Waals surface area contributed by atoms with E-state index in [2.05, 4.69) is 0 Å². The minimum Gasteiger partial charge on any atom is -0.376 e. The number of hydrogen-bond donors (Lipinski definition) is 1. The Morgan fingerprint density at radius 2 is 1.71 bits per heavy atom. The third kappa shape index (κ3) is 5.26. The Morgan fingerprint density at radius 1 is 1.12 bits per heavy atom. The van der Waals surface area contributed by atoms with Crippen molar-refractivity contribution in [3.8, 4) is 0 Å². The molecule has 1 atom stereocenters. The van der Waals surface area contributed by atoms with E-state index >= 15 is 0 Å². The van der Waals surface area contributed by atoms with Crippen LogP contribution in [-0.4, -0.2) is 25.9 Å². The van der Waals surface area contributed by atoms with Crippen LogP contribution in [0.1, 0.15) is 25.5 Å². The SMILES string of the molecule is CC(C)OCCOC(CN)c1ccc(F)cc1. The fraction of sp³-hybridized carbons (Fsp3) is 0.538. The third-order valence-electron chi connectivity index (χ3n) is 2.31. The lowest BCUT2D eigenvalue weighted by molar-refractivity contribution is -0.0104. The van der Waals surface area contributed by atoms with Gasteiger partial charge in [0.1, 0.15) is 5.82 Å². The summed E-state index contributed by atoms with van der Waals surface area (Å²) in [6.45, 7) is 5.33. The molecule has 0 heterocycles. The Kier molecular flexibility index (Phi) is 6.11. The molecule has 0 fully saturated rings. The number of rotatable bonds is 7. The summed E-state index contributed by atoms with van der Waals surface area (Å²) in [6, 6.07) is 6.20. The zero-order chi connectivity index (χ0) is 12.7. The van der Waals surface area contributed by atoms with Crippen LogP contribution in [0.25, 0.3) is 0 Å². The van der Waals surface area contributed by atoms with Gasteiger partial charge < -0.3 is 15.2 Å². The van der Waals surface area contributed by atoms with E-state index in [1.807, 2.05) is 13.8 Å². The second kappa shape index (κ2) is 7.37. The second-order valence-electron chi connectivity index (χ2n) is 4.07. The highest BCUT2D eigenvalue weighted by Gasteiger charge is 2.09. The summed E-state index contributed by atoms with van der Waals surface area (Å²) in [5.41, 5.74) is 6.51. The zero-order valence-electron chi connectivity index (χ0n) is 10.4. The maximum absolute atomic E-state index is 12.8. The molecule has 1 unspecified atom stereocenters. The quantitative estimate of drug-likeness (QED) is 0.745. The number of halogens is 1. The van der Waals surface area contributed by atoms with E-state index in [1.54, 1.807) is 12.1 Å². The average molecular weight is 241 g/mol. The van der Waals surface area contributed by atoms with Gasteiger partial charge in [-0.1, -0.05) is 12.1 Å². The van der Waals surface area contributed by atoms with Crippen molar-refractivity contribution in [2.45, 2.75) is 26.1 Å². The highest BCUT2D eigenvalue weighted by Crippen LogP contribution is 2.16. The van der Waals surface area contributed by atoms with Gasteiger partial charge in [0.15, 0.2) is 0 Å². The molecule has 0 aliphatic carbocycles. The molecule has 3 nitrogen and oxygen atoms in total. The van der Waals surface area contributed by atoms with Gasteiger partial charge in [-0.25, -0.2) is 4.39 Å². The van der Waals surface area contributed by atoms with Crippen LogP contribution in [0.3, 0.4) is 0 Å². The van der Waals surface area contributed by atoms with Gasteiger partial charge in [0.25, 0.3) is 0 Å². The van der Waals surface area contributed by atoms with Gasteiger partial charge >= 0.3 is 0 Å². The molecule has 1 aromatic rings. The summed E-state index contributed by atoms with van der Waals surface area (Å²) in [7, 11) is 0. The molecule has 0 aromatic heterocycles. The first kappa shape index (κ1) is 14.1. The number of hydrogen-bond acceptors (Lipinski definition) is 3. The van der Waals surface area contributed by atoms with Crippen molar-refractivity contribution in [2.24, 2.45) is 5.73 Å². The Balaban J connectivity index is 2.40. The largest absolute Gasteiger partial charge is 0.376 e. The van der Waals surface area contributed by atoms with Gasteiger partial charge in [-0.15, -0.1) is 0 Å². The predicted molar refractivity (Wildman–Crippen MR) is 65.2 cm³/mol. The van der Waals surface area contributed by atoms with Gasteiger partial charge in [0, 0.05) is 6.54 Å². The van der Waals surface area contributed by atoms with Gasteiger partial charge in [-0.3, -0.25) is 0 Å². The standard InChI is InChI=1S/C13H20FNO2/c1-10(2)16-7-8-17-13(9-15)11-3-5-12(14)6-4-11/h3-6,10,13H,7-9,15H2,1-2H3. The molecule has 4 heteroatoms. The average Bonchev–Trinajstić information content (AvgIpc) is 2.30. The van der Waals surface area contributed by atoms with E-state index in [-0.39, 0.29) is 18.0 Å². The van der Waals surface area contributed by atoms with E-state index < -0.39 is 0 Å². The second-order valence-corrected chi connectivity index (χ2v) is 4.07. The molecule has 0 saturated carbocycles. The van der Waals surface area contributed by atoms with Crippen molar-refractivity contribution < 1.29 is 13.9 Å². The minimum atomic E-state index is -0.257. The Hall–Kier alpha value is -0.970. The zero-order valence-corrected chi connectivity index (χ0v) is 10.4. The third-order valence-corrected chi connectivity index (χ3v) is 2.31. The van der Waals surface area contributed by atoms with Crippen LogP contribution in [0.15, 0.2) is 24.3 Å². The van der Waals surface area contributed by atoms with E-state index in [9.17, 15) is 4.39 Å². The summed E-state index contributed by atoms with van der Waals surface area (Å²) in [6.07, 6.45) is -0.00731. The van der Waals surface area contributed by atoms with Crippen LogP contribution in [0, 0.1) is 5.82 Å². The minimum absolute atomic E-state index is 0.195. The van der Waals surface area contributed by atoms with Crippen LogP contribution in [-0.2, 0) is 9.47 Å². The summed E-state index contributed by atoms with van der Waals surface area (Å²) in [5.74, 6) is -0.257. The molecule has 0 amide bonds. The van der Waals surface area contributed by atoms with Gasteiger partial charge in [0.2, 0.25) is 0 Å². The van der Waals surface area contributed by atoms with Crippen molar-refractivity contribution in [3.05, 3.63) is 35.6 Å². The fourth-order valence-electron chi connectivity index (χ4n) is 1.45. The Bertz CT molecular complexity index is 314. The molecule has 0 radical (unpaired) electrons. The highest BCUT2D eigenvalue weighted by molar-refractivity contribution is 5.18. The maximum atomic E-state index is 12.8. The summed E-state index contributed by atoms with van der Waals surface area (Å²) < 4.78 is 23.7. The van der Waals surface area contributed by atoms with Crippen molar-refractivity contribution in [1.82, 2.24) is 0 Å². The molecule has 96 valence electrons. The molecule has 1 rings (SSSR count). The normalized spacial score (nSPS) is 13.0. The van der Waals surface area contributed by atoms with Crippen molar-refractivity contribution >= 4 is 0 Å². The molecule has 1 aromatic carbocycles. The first-order valence-corrected chi connectivity index (χ1v) is 5.82. The topological polar surface area (TPSA) is 44.5 Å². The molecule has 2 N–H and O–H groups in total. The first-order chi connectivity index (χ1) is 8.13. The lowest BCUT2D eigenvalue weighted by atomic mass is 10.1. The number of ether oxygens (including phenoxy) is 2. The molecule has 0 aliphatic heterocycles. The molecule has 0 saturated heterocycles. The summed E-state index contributed by atoms with van der Waals surface area (Å²) in [5, 5.41) is 0. The molecule has 0 bridgehead atoms. The van der Waals surface area contributed by atoms with E-state index in [0.29, 0.717) is 19.8 Å². The Morgan fingerprint density at radius 3 is 2.24 bits per heavy atom. The van der Waals surface area contributed by atoms with Crippen molar-refractivity contribution in [2.75, 3.05) is 19.8 Å². The molecule has 17 heavy (non-hydrogen) atoms. The first-order valence-electron chi connectivity index (χ1n) is 5.82. The molecular formula is C13H20FNO2. The van der Waals surface area contributed by atoms with Crippen LogP contribution in [0.2, 0.25) is 0 Å². The van der Waals surface area contributed by atoms with E-state index in [4.69, 9.17) is 15.2 Å². The van der Waals surface area contributed by atoms with Gasteiger partial charge in [-0.05, 0) is 31.5 Å². The van der Waals surface area contributed by atoms with Crippen LogP contribution < -0.4 is 5.73 Å². The molecule has 0 aliphatic rings. The molecule has 0 spiro atoms. The van der Waals surface area contributed by atoms with E-state index in [0.717, 1.165) is 5.56 Å². The fourth-order valence-corrected chi connectivity index (χ4v) is 1.45. The van der Waals surface area contributed by atoms with Crippen LogP contribution in [0.5, 0.6) is 0 Å². The summed E-state index contributed by atoms with van der Waals surface area (Å²) >= 11 is 0. The predicted octanol–water partition coefficient (Wildman–Crippen LogP) is 2.27. The smallest absolute Gasteiger partial charge is 0.123 e. The van der Waals surface area contributed by atoms with E-state index in [1.165, 1.54) is 12.1 Å². The highest BCUT2D eigenvalue weighted by atomic mass is 19.1. The van der Waals surface area contributed by atoms with Crippen LogP contribution >= 0.6 is 0 Å². The lowest BCUT2D eigenvalue weighted by Crippen LogP contribution is -2.19. The lowest BCUT2D eigenvalue weighted by Gasteiger charge is -2.17. The molecular weight excluding hydrogens is 221 g/mol. The Labute approximate surface area is 102 Å². The maximum Gasteiger partial charge on any atom is 0.123 e. The van der Waals surface area contributed by atoms with Crippen molar-refractivity contribution in [3.63, 3.8) is 0 Å². The van der Waals surface area contributed by atoms with Crippen LogP contribution in [0.4, 0.5) is 4.39 Å². The number of nitrogens with two attached hydrogens (primary N) is 1. The summed E-state index contributed by atoms with van der Waals surface area (Å²) in [4.78, 5) is 0. The number of benzene rings is 1.